The number of nitrogens with zero attached hydrogens (tertiary/aromatic N) is 2. The van der Waals surface area contributed by atoms with Crippen molar-refractivity contribution in [3.05, 3.63) is 35.9 Å². The van der Waals surface area contributed by atoms with Gasteiger partial charge in [-0.3, -0.25) is 4.90 Å². The van der Waals surface area contributed by atoms with Crippen molar-refractivity contribution in [1.82, 2.24) is 4.90 Å². The smallest absolute Gasteiger partial charge is 0.0823 e. The highest BCUT2D eigenvalue weighted by atomic mass is 15.2. The fourth-order valence-corrected chi connectivity index (χ4v) is 3.74. The lowest BCUT2D eigenvalue weighted by Gasteiger charge is -2.47. The second kappa shape index (κ2) is 5.55. The molecule has 1 aliphatic heterocycles. The molecule has 20 heavy (non-hydrogen) atoms. The van der Waals surface area contributed by atoms with Crippen LogP contribution in [-0.4, -0.2) is 30.6 Å². The molecule has 2 N–H and O–H groups in total. The van der Waals surface area contributed by atoms with Crippen molar-refractivity contribution in [2.75, 3.05) is 19.6 Å². The number of hydrogen-bond donors (Lipinski definition) is 1. The summed E-state index contributed by atoms with van der Waals surface area (Å²) in [5.41, 5.74) is 6.64. The van der Waals surface area contributed by atoms with Gasteiger partial charge >= 0.3 is 0 Å². The normalized spacial score (nSPS) is 31.5. The van der Waals surface area contributed by atoms with E-state index in [2.05, 4.69) is 23.1 Å². The van der Waals surface area contributed by atoms with Gasteiger partial charge in [-0.05, 0) is 43.7 Å². The molecule has 3 nitrogen and oxygen atoms in total. The Bertz CT molecular complexity index is 477. The standard InChI is InChI=1S/C17H23N3/c18-10-14-11-20(12-14)16-6-8-17(13-19,9-7-16)15-4-2-1-3-5-15/h1-5,14,16H,6-12,18H2. The number of nitrogens with two attached hydrogens (primary N) is 1. The molecular weight excluding hydrogens is 246 g/mol. The largest absolute Gasteiger partial charge is 0.330 e. The third kappa shape index (κ3) is 2.34. The van der Waals surface area contributed by atoms with E-state index in [-0.39, 0.29) is 5.41 Å². The summed E-state index contributed by atoms with van der Waals surface area (Å²) in [6, 6.07) is 13.6. The minimum Gasteiger partial charge on any atom is -0.330 e. The Kier molecular flexibility index (Phi) is 3.78. The average Bonchev–Trinajstić information content (AvgIpc) is 2.48. The molecule has 2 fully saturated rings. The van der Waals surface area contributed by atoms with E-state index in [1.807, 2.05) is 18.2 Å². The molecule has 106 valence electrons. The van der Waals surface area contributed by atoms with Gasteiger partial charge in [0, 0.05) is 19.1 Å². The highest BCUT2D eigenvalue weighted by Gasteiger charge is 2.40. The quantitative estimate of drug-likeness (QED) is 0.916. The van der Waals surface area contributed by atoms with E-state index in [9.17, 15) is 5.26 Å². The molecule has 1 saturated carbocycles. The van der Waals surface area contributed by atoms with Crippen molar-refractivity contribution in [1.29, 1.82) is 5.26 Å². The first kappa shape index (κ1) is 13.6. The highest BCUT2D eigenvalue weighted by Crippen LogP contribution is 2.41. The molecule has 1 aromatic rings. The van der Waals surface area contributed by atoms with Crippen LogP contribution < -0.4 is 5.73 Å². The molecule has 0 atom stereocenters. The molecule has 0 aromatic heterocycles. The summed E-state index contributed by atoms with van der Waals surface area (Å²) < 4.78 is 0. The number of likely N-dealkylation sites (tertiary alicyclic amines) is 1. The Balaban J connectivity index is 1.64. The van der Waals surface area contributed by atoms with Gasteiger partial charge in [0.25, 0.3) is 0 Å². The number of rotatable bonds is 3. The molecule has 1 heterocycles. The molecule has 0 unspecified atom stereocenters. The fraction of sp³-hybridized carbons (Fsp3) is 0.588. The van der Waals surface area contributed by atoms with Crippen molar-refractivity contribution in [2.45, 2.75) is 37.1 Å². The van der Waals surface area contributed by atoms with Crippen molar-refractivity contribution >= 4 is 0 Å². The van der Waals surface area contributed by atoms with Crippen molar-refractivity contribution < 1.29 is 0 Å². The van der Waals surface area contributed by atoms with Gasteiger partial charge in [-0.1, -0.05) is 30.3 Å². The third-order valence-corrected chi connectivity index (χ3v) is 5.18. The van der Waals surface area contributed by atoms with Crippen LogP contribution in [0.1, 0.15) is 31.2 Å². The number of nitriles is 1. The van der Waals surface area contributed by atoms with Crippen LogP contribution in [0.3, 0.4) is 0 Å². The Labute approximate surface area is 121 Å². The maximum Gasteiger partial charge on any atom is 0.0823 e. The van der Waals surface area contributed by atoms with Gasteiger partial charge in [0.15, 0.2) is 0 Å². The summed E-state index contributed by atoms with van der Waals surface area (Å²) in [5.74, 6) is 0.701. The Morgan fingerprint density at radius 1 is 1.20 bits per heavy atom. The van der Waals surface area contributed by atoms with E-state index in [4.69, 9.17) is 5.73 Å². The lowest BCUT2D eigenvalue weighted by Crippen LogP contribution is -2.55. The van der Waals surface area contributed by atoms with E-state index in [0.29, 0.717) is 12.0 Å². The van der Waals surface area contributed by atoms with E-state index in [1.54, 1.807) is 0 Å². The van der Waals surface area contributed by atoms with Gasteiger partial charge in [-0.15, -0.1) is 0 Å². The van der Waals surface area contributed by atoms with Crippen LogP contribution in [-0.2, 0) is 5.41 Å². The van der Waals surface area contributed by atoms with Gasteiger partial charge in [-0.25, -0.2) is 0 Å². The topological polar surface area (TPSA) is 53.0 Å². The summed E-state index contributed by atoms with van der Waals surface area (Å²) in [4.78, 5) is 2.56. The minimum absolute atomic E-state index is 0.254. The third-order valence-electron chi connectivity index (χ3n) is 5.18. The van der Waals surface area contributed by atoms with Crippen LogP contribution in [0.25, 0.3) is 0 Å². The first-order valence-corrected chi connectivity index (χ1v) is 7.68. The summed E-state index contributed by atoms with van der Waals surface area (Å²) >= 11 is 0. The number of benzene rings is 1. The van der Waals surface area contributed by atoms with E-state index < -0.39 is 0 Å². The molecule has 0 amide bonds. The summed E-state index contributed by atoms with van der Waals surface area (Å²) in [5, 5.41) is 9.69. The van der Waals surface area contributed by atoms with Crippen molar-refractivity contribution in [3.8, 4) is 6.07 Å². The number of hydrogen-bond acceptors (Lipinski definition) is 3. The average molecular weight is 269 g/mol. The van der Waals surface area contributed by atoms with Gasteiger partial charge in [0.05, 0.1) is 11.5 Å². The van der Waals surface area contributed by atoms with Gasteiger partial charge in [0.2, 0.25) is 0 Å². The van der Waals surface area contributed by atoms with Crippen LogP contribution in [0.4, 0.5) is 0 Å². The Hall–Kier alpha value is -1.37. The van der Waals surface area contributed by atoms with Gasteiger partial charge in [-0.2, -0.15) is 5.26 Å². The van der Waals surface area contributed by atoms with Gasteiger partial charge in [0.1, 0.15) is 0 Å². The highest BCUT2D eigenvalue weighted by molar-refractivity contribution is 5.33. The van der Waals surface area contributed by atoms with Crippen LogP contribution in [0, 0.1) is 17.2 Å². The molecule has 0 bridgehead atoms. The molecular formula is C17H23N3. The molecule has 1 aromatic carbocycles. The van der Waals surface area contributed by atoms with E-state index in [1.165, 1.54) is 5.56 Å². The minimum atomic E-state index is -0.254. The van der Waals surface area contributed by atoms with Crippen LogP contribution in [0.2, 0.25) is 0 Å². The predicted octanol–water partition coefficient (Wildman–Crippen LogP) is 2.28. The van der Waals surface area contributed by atoms with Crippen LogP contribution in [0.5, 0.6) is 0 Å². The van der Waals surface area contributed by atoms with Crippen molar-refractivity contribution in [3.63, 3.8) is 0 Å². The maximum atomic E-state index is 9.69. The first-order valence-electron chi connectivity index (χ1n) is 7.68. The summed E-state index contributed by atoms with van der Waals surface area (Å²) in [6.07, 6.45) is 4.25. The zero-order chi connectivity index (χ0) is 14.0. The molecule has 2 aliphatic rings. The maximum absolute atomic E-state index is 9.69. The molecule has 0 spiro atoms. The molecule has 1 aliphatic carbocycles. The SMILES string of the molecule is N#CC1(c2ccccc2)CCC(N2CC(CN)C2)CC1. The van der Waals surface area contributed by atoms with Crippen molar-refractivity contribution in [2.24, 2.45) is 11.7 Å². The first-order chi connectivity index (χ1) is 9.77. The fourth-order valence-electron chi connectivity index (χ4n) is 3.74. The van der Waals surface area contributed by atoms with E-state index in [0.717, 1.165) is 45.3 Å². The zero-order valence-electron chi connectivity index (χ0n) is 12.0. The Morgan fingerprint density at radius 2 is 1.85 bits per heavy atom. The zero-order valence-corrected chi connectivity index (χ0v) is 12.0. The molecule has 0 radical (unpaired) electrons. The van der Waals surface area contributed by atoms with E-state index >= 15 is 0 Å². The molecule has 3 heteroatoms. The molecule has 3 rings (SSSR count). The predicted molar refractivity (Wildman–Crippen MR) is 80.1 cm³/mol. The monoisotopic (exact) mass is 269 g/mol. The summed E-state index contributed by atoms with van der Waals surface area (Å²) in [7, 11) is 0. The lowest BCUT2D eigenvalue weighted by atomic mass is 9.68. The van der Waals surface area contributed by atoms with Gasteiger partial charge < -0.3 is 5.73 Å². The molecule has 1 saturated heterocycles. The second-order valence-electron chi connectivity index (χ2n) is 6.35. The van der Waals surface area contributed by atoms with Crippen LogP contribution in [0.15, 0.2) is 30.3 Å². The second-order valence-corrected chi connectivity index (χ2v) is 6.35. The van der Waals surface area contributed by atoms with Crippen LogP contribution >= 0.6 is 0 Å². The summed E-state index contributed by atoms with van der Waals surface area (Å²) in [6.45, 7) is 3.13. The lowest BCUT2D eigenvalue weighted by molar-refractivity contribution is 0.0319. The Morgan fingerprint density at radius 3 is 2.40 bits per heavy atom.